The molecule has 1 amide bonds. The number of carbonyl (C=O) groups is 2. The number of amides is 1. The minimum atomic E-state index is -0.667. The molecule has 0 fully saturated rings. The summed E-state index contributed by atoms with van der Waals surface area (Å²) < 4.78 is 5.46. The van der Waals surface area contributed by atoms with Gasteiger partial charge in [-0.25, -0.2) is 9.79 Å². The fraction of sp³-hybridized carbons (Fsp3) is 0.333. The minimum Gasteiger partial charge on any atom is -0.444 e. The second-order valence-corrected chi connectivity index (χ2v) is 8.60. The maximum absolute atomic E-state index is 13.1. The van der Waals surface area contributed by atoms with Gasteiger partial charge in [-0.05, 0) is 57.0 Å². The summed E-state index contributed by atoms with van der Waals surface area (Å²) in [5, 5.41) is 3.29. The molecule has 0 unspecified atom stereocenters. The van der Waals surface area contributed by atoms with Crippen molar-refractivity contribution < 1.29 is 14.3 Å². The van der Waals surface area contributed by atoms with E-state index >= 15 is 0 Å². The Hall–Kier alpha value is -3.68. The van der Waals surface area contributed by atoms with Crippen LogP contribution in [0.1, 0.15) is 31.9 Å². The number of ether oxygens (including phenoxy) is 1. The summed E-state index contributed by atoms with van der Waals surface area (Å²) in [6, 6.07) is 11.1. The number of benzene rings is 1. The zero-order valence-electron chi connectivity index (χ0n) is 18.9. The number of nitrogens with one attached hydrogen (secondary N) is 1. The van der Waals surface area contributed by atoms with Crippen molar-refractivity contribution in [2.75, 3.05) is 13.1 Å². The number of para-hydroxylation sites is 1. The molecule has 3 rings (SSSR count). The van der Waals surface area contributed by atoms with E-state index in [2.05, 4.69) is 15.3 Å². The van der Waals surface area contributed by atoms with E-state index in [9.17, 15) is 9.59 Å². The molecule has 0 aliphatic carbocycles. The van der Waals surface area contributed by atoms with E-state index in [0.717, 1.165) is 11.1 Å². The zero-order chi connectivity index (χ0) is 23.3. The number of ketones is 1. The Morgan fingerprint density at radius 1 is 1.22 bits per heavy atom. The van der Waals surface area contributed by atoms with Crippen molar-refractivity contribution >= 4 is 23.4 Å². The van der Waals surface area contributed by atoms with Gasteiger partial charge in [0.1, 0.15) is 11.4 Å². The second-order valence-electron chi connectivity index (χ2n) is 8.60. The van der Waals surface area contributed by atoms with E-state index in [-0.39, 0.29) is 24.7 Å². The van der Waals surface area contributed by atoms with Gasteiger partial charge in [0.05, 0.1) is 24.4 Å². The van der Waals surface area contributed by atoms with Gasteiger partial charge in [0.25, 0.3) is 0 Å². The highest BCUT2D eigenvalue weighted by molar-refractivity contribution is 6.23. The molecule has 1 aliphatic heterocycles. The molecule has 0 saturated carbocycles. The highest BCUT2D eigenvalue weighted by atomic mass is 16.6. The number of hydrogen-bond donors (Lipinski definition) is 2. The number of nitrogens with zero attached hydrogens (tertiary/aromatic N) is 3. The summed E-state index contributed by atoms with van der Waals surface area (Å²) in [5.41, 5.74) is 9.10. The molecule has 0 bridgehead atoms. The van der Waals surface area contributed by atoms with Gasteiger partial charge in [0.15, 0.2) is 5.78 Å². The third kappa shape index (κ3) is 5.94. The SMILES string of the molecule is Cc1cnccc1CNC1=C(C(N)=Nc2ccccc2)C(=O)CN(C(=O)OC(C)(C)C)C1. The van der Waals surface area contributed by atoms with Crippen LogP contribution in [0.5, 0.6) is 0 Å². The number of nitrogens with two attached hydrogens (primary N) is 1. The van der Waals surface area contributed by atoms with Crippen molar-refractivity contribution in [2.45, 2.75) is 39.8 Å². The van der Waals surface area contributed by atoms with Crippen molar-refractivity contribution in [1.29, 1.82) is 0 Å². The van der Waals surface area contributed by atoms with Gasteiger partial charge in [-0.2, -0.15) is 0 Å². The molecule has 0 spiro atoms. The van der Waals surface area contributed by atoms with Crippen LogP contribution >= 0.6 is 0 Å². The topological polar surface area (TPSA) is 110 Å². The predicted octanol–water partition coefficient (Wildman–Crippen LogP) is 3.24. The first-order valence-corrected chi connectivity index (χ1v) is 10.4. The first-order chi connectivity index (χ1) is 15.1. The molecule has 1 aromatic carbocycles. The molecule has 0 radical (unpaired) electrons. The van der Waals surface area contributed by atoms with Crippen molar-refractivity contribution in [1.82, 2.24) is 15.2 Å². The maximum Gasteiger partial charge on any atom is 0.411 e. The monoisotopic (exact) mass is 435 g/mol. The highest BCUT2D eigenvalue weighted by Crippen LogP contribution is 2.20. The lowest BCUT2D eigenvalue weighted by atomic mass is 10.0. The number of pyridine rings is 1. The number of aryl methyl sites for hydroxylation is 1. The molecule has 3 N–H and O–H groups in total. The first kappa shape index (κ1) is 23.0. The number of carbonyl (C=O) groups excluding carboxylic acids is 2. The molecule has 1 aromatic heterocycles. The molecule has 1 aliphatic rings. The summed E-state index contributed by atoms with van der Waals surface area (Å²) in [6.45, 7) is 7.79. The number of aliphatic imine (C=N–C) groups is 1. The Morgan fingerprint density at radius 2 is 1.94 bits per heavy atom. The number of Topliss-reactive ketones (excluding diaryl/α,β-unsaturated/α-hetero) is 1. The maximum atomic E-state index is 13.1. The molecular weight excluding hydrogens is 406 g/mol. The summed E-state index contributed by atoms with van der Waals surface area (Å²) in [4.78, 5) is 35.6. The van der Waals surface area contributed by atoms with Crippen molar-refractivity contribution in [3.05, 3.63) is 71.2 Å². The minimum absolute atomic E-state index is 0.110. The number of hydrogen-bond acceptors (Lipinski definition) is 6. The van der Waals surface area contributed by atoms with E-state index in [1.807, 2.05) is 31.2 Å². The van der Waals surface area contributed by atoms with Gasteiger partial charge in [0, 0.05) is 24.6 Å². The Kier molecular flexibility index (Phi) is 6.92. The van der Waals surface area contributed by atoms with Gasteiger partial charge in [0.2, 0.25) is 0 Å². The summed E-state index contributed by atoms with van der Waals surface area (Å²) in [6.07, 6.45) is 2.93. The standard InChI is InChI=1S/C24H29N5O3/c1-16-12-26-11-10-17(16)13-27-19-14-29(23(31)32-24(2,3)4)15-20(30)21(19)22(25)28-18-8-6-5-7-9-18/h5-12,27H,13-15H2,1-4H3,(H2,25,28). The Balaban J connectivity index is 1.93. The molecule has 32 heavy (non-hydrogen) atoms. The first-order valence-electron chi connectivity index (χ1n) is 10.4. The number of aromatic nitrogens is 1. The third-order valence-electron chi connectivity index (χ3n) is 4.81. The molecule has 168 valence electrons. The van der Waals surface area contributed by atoms with Crippen LogP contribution in [0.25, 0.3) is 0 Å². The van der Waals surface area contributed by atoms with Crippen molar-refractivity contribution in [3.63, 3.8) is 0 Å². The Labute approximate surface area is 188 Å². The van der Waals surface area contributed by atoms with Crippen LogP contribution in [0, 0.1) is 6.92 Å². The van der Waals surface area contributed by atoms with Gasteiger partial charge < -0.3 is 15.8 Å². The molecule has 0 atom stereocenters. The smallest absolute Gasteiger partial charge is 0.411 e. The quantitative estimate of drug-likeness (QED) is 0.551. The molecular formula is C24H29N5O3. The number of amidine groups is 1. The lowest BCUT2D eigenvalue weighted by molar-refractivity contribution is -0.116. The van der Waals surface area contributed by atoms with Gasteiger partial charge in [-0.15, -0.1) is 0 Å². The van der Waals surface area contributed by atoms with Gasteiger partial charge >= 0.3 is 6.09 Å². The van der Waals surface area contributed by atoms with Crippen molar-refractivity contribution in [3.8, 4) is 0 Å². The van der Waals surface area contributed by atoms with Crippen LogP contribution in [0.4, 0.5) is 10.5 Å². The highest BCUT2D eigenvalue weighted by Gasteiger charge is 2.33. The second kappa shape index (κ2) is 9.64. The molecule has 2 aromatic rings. The van der Waals surface area contributed by atoms with E-state index < -0.39 is 11.7 Å². The lowest BCUT2D eigenvalue weighted by Gasteiger charge is -2.32. The Morgan fingerprint density at radius 3 is 2.59 bits per heavy atom. The van der Waals surface area contributed by atoms with Crippen LogP contribution in [-0.4, -0.2) is 46.3 Å². The lowest BCUT2D eigenvalue weighted by Crippen LogP contribution is -2.48. The molecule has 0 saturated heterocycles. The van der Waals surface area contributed by atoms with Gasteiger partial charge in [-0.1, -0.05) is 18.2 Å². The average Bonchev–Trinajstić information content (AvgIpc) is 2.72. The van der Waals surface area contributed by atoms with E-state index in [1.54, 1.807) is 45.3 Å². The van der Waals surface area contributed by atoms with Crippen LogP contribution < -0.4 is 11.1 Å². The average molecular weight is 436 g/mol. The zero-order valence-corrected chi connectivity index (χ0v) is 18.9. The fourth-order valence-electron chi connectivity index (χ4n) is 3.24. The normalized spacial score (nSPS) is 15.1. The molecule has 8 nitrogen and oxygen atoms in total. The predicted molar refractivity (Wildman–Crippen MR) is 123 cm³/mol. The van der Waals surface area contributed by atoms with Crippen LogP contribution in [0.2, 0.25) is 0 Å². The van der Waals surface area contributed by atoms with E-state index in [4.69, 9.17) is 10.5 Å². The largest absolute Gasteiger partial charge is 0.444 e. The third-order valence-corrected chi connectivity index (χ3v) is 4.81. The summed E-state index contributed by atoms with van der Waals surface area (Å²) in [5.74, 6) is -0.188. The van der Waals surface area contributed by atoms with E-state index in [0.29, 0.717) is 23.5 Å². The molecule has 2 heterocycles. The van der Waals surface area contributed by atoms with Crippen molar-refractivity contribution in [2.24, 2.45) is 10.7 Å². The fourth-order valence-corrected chi connectivity index (χ4v) is 3.24. The summed E-state index contributed by atoms with van der Waals surface area (Å²) in [7, 11) is 0. The van der Waals surface area contributed by atoms with Crippen LogP contribution in [0.15, 0.2) is 65.1 Å². The summed E-state index contributed by atoms with van der Waals surface area (Å²) >= 11 is 0. The number of rotatable bonds is 5. The van der Waals surface area contributed by atoms with Crippen LogP contribution in [0.3, 0.4) is 0 Å². The molecule has 8 heteroatoms. The van der Waals surface area contributed by atoms with Gasteiger partial charge in [-0.3, -0.25) is 14.7 Å². The van der Waals surface area contributed by atoms with E-state index in [1.165, 1.54) is 4.90 Å². The Bertz CT molecular complexity index is 1050. The van der Waals surface area contributed by atoms with Crippen LogP contribution in [-0.2, 0) is 16.1 Å².